The van der Waals surface area contributed by atoms with Crippen LogP contribution in [0.2, 0.25) is 0 Å². The number of carbonyl (C=O) groups is 1. The Morgan fingerprint density at radius 1 is 1.07 bits per heavy atom. The zero-order valence-corrected chi connectivity index (χ0v) is 17.6. The Labute approximate surface area is 178 Å². The van der Waals surface area contributed by atoms with Crippen molar-refractivity contribution in [3.63, 3.8) is 0 Å². The molecular formula is C25H28N4O. The molecule has 30 heavy (non-hydrogen) atoms. The summed E-state index contributed by atoms with van der Waals surface area (Å²) in [5.74, 6) is 0.925. The first-order valence-electron chi connectivity index (χ1n) is 10.5. The molecule has 0 spiro atoms. The maximum Gasteiger partial charge on any atom is 0.248 e. The molecule has 1 fully saturated rings. The van der Waals surface area contributed by atoms with Crippen LogP contribution < -0.4 is 10.2 Å². The first-order chi connectivity index (χ1) is 14.6. The molecular weight excluding hydrogens is 372 g/mol. The highest BCUT2D eigenvalue weighted by Crippen LogP contribution is 2.26. The second kappa shape index (κ2) is 9.09. The van der Waals surface area contributed by atoms with Crippen molar-refractivity contribution < 1.29 is 4.79 Å². The minimum Gasteiger partial charge on any atom is -0.354 e. The van der Waals surface area contributed by atoms with Crippen LogP contribution in [-0.4, -0.2) is 48.5 Å². The summed E-state index contributed by atoms with van der Waals surface area (Å²) in [6.45, 7) is 9.61. The fraction of sp³-hybridized carbons (Fsp3) is 0.280. The zero-order valence-electron chi connectivity index (χ0n) is 17.6. The van der Waals surface area contributed by atoms with E-state index in [1.54, 1.807) is 6.08 Å². The monoisotopic (exact) mass is 400 g/mol. The predicted molar refractivity (Wildman–Crippen MR) is 125 cm³/mol. The summed E-state index contributed by atoms with van der Waals surface area (Å²) in [6, 6.07) is 17.8. The lowest BCUT2D eigenvalue weighted by Crippen LogP contribution is -2.46. The Morgan fingerprint density at radius 3 is 2.57 bits per heavy atom. The Balaban J connectivity index is 1.48. The summed E-state index contributed by atoms with van der Waals surface area (Å²) in [5, 5.41) is 3.98. The molecule has 3 aromatic rings. The largest absolute Gasteiger partial charge is 0.354 e. The standard InChI is InChI=1S/C25H28N4O/c1-3-28-13-15-29(16-14-28)25-19(2)17-21-18-22(10-11-23(21)27-25)26-24(30)12-9-20-7-5-4-6-8-20/h4-12,17-18H,3,13-16H2,1-2H3,(H,26,30)/b12-9+. The lowest BCUT2D eigenvalue weighted by molar-refractivity contribution is -0.111. The Bertz CT molecular complexity index is 1050. The number of nitrogens with one attached hydrogen (secondary N) is 1. The normalized spacial score (nSPS) is 15.1. The van der Waals surface area contributed by atoms with Crippen molar-refractivity contribution in [1.82, 2.24) is 9.88 Å². The molecule has 0 saturated carbocycles. The first kappa shape index (κ1) is 20.1. The van der Waals surface area contributed by atoms with Crippen LogP contribution in [0.3, 0.4) is 0 Å². The van der Waals surface area contributed by atoms with Crippen LogP contribution in [0.5, 0.6) is 0 Å². The highest BCUT2D eigenvalue weighted by molar-refractivity contribution is 6.03. The van der Waals surface area contributed by atoms with Gasteiger partial charge in [-0.25, -0.2) is 4.98 Å². The number of piperazine rings is 1. The van der Waals surface area contributed by atoms with Gasteiger partial charge in [0.2, 0.25) is 5.91 Å². The molecule has 1 aromatic heterocycles. The molecule has 154 valence electrons. The summed E-state index contributed by atoms with van der Waals surface area (Å²) in [6.07, 6.45) is 3.37. The van der Waals surface area contributed by atoms with E-state index in [1.165, 1.54) is 5.56 Å². The van der Waals surface area contributed by atoms with Crippen LogP contribution in [0.25, 0.3) is 17.0 Å². The molecule has 5 nitrogen and oxygen atoms in total. The predicted octanol–water partition coefficient (Wildman–Crippen LogP) is 4.34. The Morgan fingerprint density at radius 2 is 1.83 bits per heavy atom. The lowest BCUT2D eigenvalue weighted by atomic mass is 10.1. The van der Waals surface area contributed by atoms with E-state index in [2.05, 4.69) is 35.0 Å². The summed E-state index contributed by atoms with van der Waals surface area (Å²) >= 11 is 0. The van der Waals surface area contributed by atoms with E-state index < -0.39 is 0 Å². The van der Waals surface area contributed by atoms with Crippen LogP contribution in [0.4, 0.5) is 11.5 Å². The van der Waals surface area contributed by atoms with Crippen molar-refractivity contribution in [1.29, 1.82) is 0 Å². The van der Waals surface area contributed by atoms with Gasteiger partial charge >= 0.3 is 0 Å². The molecule has 2 heterocycles. The lowest BCUT2D eigenvalue weighted by Gasteiger charge is -2.35. The molecule has 4 rings (SSSR count). The number of carbonyl (C=O) groups excluding carboxylic acids is 1. The molecule has 0 radical (unpaired) electrons. The molecule has 2 aromatic carbocycles. The molecule has 1 amide bonds. The maximum atomic E-state index is 12.3. The maximum absolute atomic E-state index is 12.3. The van der Waals surface area contributed by atoms with Gasteiger partial charge in [0, 0.05) is 43.3 Å². The number of amides is 1. The molecule has 0 unspecified atom stereocenters. The second-order valence-corrected chi connectivity index (χ2v) is 7.69. The summed E-state index contributed by atoms with van der Waals surface area (Å²) in [5.41, 5.74) is 3.89. The number of anilines is 2. The number of aryl methyl sites for hydroxylation is 1. The number of likely N-dealkylation sites (N-methyl/N-ethyl adjacent to an activating group) is 1. The van der Waals surface area contributed by atoms with Crippen LogP contribution in [0.1, 0.15) is 18.1 Å². The van der Waals surface area contributed by atoms with E-state index in [0.717, 1.165) is 60.7 Å². The van der Waals surface area contributed by atoms with Gasteiger partial charge in [-0.05, 0) is 54.9 Å². The van der Waals surface area contributed by atoms with E-state index in [-0.39, 0.29) is 5.91 Å². The first-order valence-corrected chi connectivity index (χ1v) is 10.5. The Hall–Kier alpha value is -3.18. The molecule has 1 aliphatic heterocycles. The number of fused-ring (bicyclic) bond motifs is 1. The van der Waals surface area contributed by atoms with Crippen LogP contribution in [-0.2, 0) is 4.79 Å². The van der Waals surface area contributed by atoms with Gasteiger partial charge in [0.15, 0.2) is 0 Å². The van der Waals surface area contributed by atoms with E-state index in [0.29, 0.717) is 0 Å². The van der Waals surface area contributed by atoms with Gasteiger partial charge in [0.1, 0.15) is 5.82 Å². The van der Waals surface area contributed by atoms with E-state index in [1.807, 2.05) is 54.6 Å². The molecule has 1 aliphatic rings. The van der Waals surface area contributed by atoms with Gasteiger partial charge in [-0.3, -0.25) is 4.79 Å². The second-order valence-electron chi connectivity index (χ2n) is 7.69. The topological polar surface area (TPSA) is 48.5 Å². The smallest absolute Gasteiger partial charge is 0.248 e. The van der Waals surface area contributed by atoms with Gasteiger partial charge in [0.25, 0.3) is 0 Å². The molecule has 0 bridgehead atoms. The number of hydrogen-bond donors (Lipinski definition) is 1. The van der Waals surface area contributed by atoms with E-state index in [4.69, 9.17) is 4.98 Å². The fourth-order valence-electron chi connectivity index (χ4n) is 3.87. The Kier molecular flexibility index (Phi) is 6.10. The fourth-order valence-corrected chi connectivity index (χ4v) is 3.87. The van der Waals surface area contributed by atoms with Crippen molar-refractivity contribution in [2.24, 2.45) is 0 Å². The highest BCUT2D eigenvalue weighted by atomic mass is 16.1. The minimum atomic E-state index is -0.145. The average Bonchev–Trinajstić information content (AvgIpc) is 2.78. The van der Waals surface area contributed by atoms with Crippen molar-refractivity contribution in [2.75, 3.05) is 42.9 Å². The van der Waals surface area contributed by atoms with E-state index in [9.17, 15) is 4.79 Å². The quantitative estimate of drug-likeness (QED) is 0.648. The molecule has 5 heteroatoms. The number of hydrogen-bond acceptors (Lipinski definition) is 4. The molecule has 1 N–H and O–H groups in total. The van der Waals surface area contributed by atoms with Gasteiger partial charge in [-0.15, -0.1) is 0 Å². The van der Waals surface area contributed by atoms with Crippen LogP contribution in [0.15, 0.2) is 60.7 Å². The number of rotatable bonds is 5. The number of benzene rings is 2. The van der Waals surface area contributed by atoms with Crippen LogP contribution >= 0.6 is 0 Å². The van der Waals surface area contributed by atoms with Crippen molar-refractivity contribution >= 4 is 34.4 Å². The highest BCUT2D eigenvalue weighted by Gasteiger charge is 2.18. The van der Waals surface area contributed by atoms with Gasteiger partial charge in [-0.1, -0.05) is 37.3 Å². The molecule has 0 atom stereocenters. The molecule has 0 aliphatic carbocycles. The zero-order chi connectivity index (χ0) is 20.9. The van der Waals surface area contributed by atoms with Crippen molar-refractivity contribution in [2.45, 2.75) is 13.8 Å². The summed E-state index contributed by atoms with van der Waals surface area (Å²) in [7, 11) is 0. The van der Waals surface area contributed by atoms with Crippen LogP contribution in [0, 0.1) is 6.92 Å². The number of nitrogens with zero attached hydrogens (tertiary/aromatic N) is 3. The van der Waals surface area contributed by atoms with E-state index >= 15 is 0 Å². The third-order valence-electron chi connectivity index (χ3n) is 5.59. The van der Waals surface area contributed by atoms with Gasteiger partial charge in [-0.2, -0.15) is 0 Å². The minimum absolute atomic E-state index is 0.145. The van der Waals surface area contributed by atoms with Gasteiger partial charge in [0.05, 0.1) is 5.52 Å². The third kappa shape index (κ3) is 4.69. The third-order valence-corrected chi connectivity index (χ3v) is 5.59. The van der Waals surface area contributed by atoms with Gasteiger partial charge < -0.3 is 15.1 Å². The molecule has 1 saturated heterocycles. The summed E-state index contributed by atoms with van der Waals surface area (Å²) < 4.78 is 0. The number of aromatic nitrogens is 1. The van der Waals surface area contributed by atoms with Crippen molar-refractivity contribution in [3.05, 3.63) is 71.8 Å². The summed E-state index contributed by atoms with van der Waals surface area (Å²) in [4.78, 5) is 22.0. The van der Waals surface area contributed by atoms with Crippen molar-refractivity contribution in [3.8, 4) is 0 Å². The average molecular weight is 401 g/mol. The number of pyridine rings is 1. The SMILES string of the molecule is CCN1CCN(c2nc3ccc(NC(=O)/C=C/c4ccccc4)cc3cc2C)CC1.